The Balaban J connectivity index is 2.27. The van der Waals surface area contributed by atoms with Gasteiger partial charge in [0.15, 0.2) is 11.6 Å². The molecule has 0 fully saturated rings. The van der Waals surface area contributed by atoms with Crippen LogP contribution in [0, 0.1) is 18.7 Å². The van der Waals surface area contributed by atoms with Crippen molar-refractivity contribution in [2.24, 2.45) is 5.92 Å². The molecule has 0 amide bonds. The fourth-order valence-corrected chi connectivity index (χ4v) is 1.89. The molecule has 1 rings (SSSR count). The van der Waals surface area contributed by atoms with E-state index in [1.807, 2.05) is 13.0 Å². The van der Waals surface area contributed by atoms with Crippen LogP contribution in [0.3, 0.4) is 0 Å². The number of hydrogen-bond donors (Lipinski definition) is 1. The molecule has 1 N–H and O–H groups in total. The van der Waals surface area contributed by atoms with Gasteiger partial charge in [0.1, 0.15) is 0 Å². The minimum atomic E-state index is -0.243. The first kappa shape index (κ1) is 16.0. The van der Waals surface area contributed by atoms with Gasteiger partial charge in [-0.2, -0.15) is 0 Å². The zero-order valence-electron chi connectivity index (χ0n) is 12.5. The summed E-state index contributed by atoms with van der Waals surface area (Å²) >= 11 is 0. The Morgan fingerprint density at radius 2 is 2.00 bits per heavy atom. The van der Waals surface area contributed by atoms with Gasteiger partial charge in [0.05, 0.1) is 6.10 Å². The summed E-state index contributed by atoms with van der Waals surface area (Å²) in [6.45, 7) is 10.2. The standard InChI is InChI=1S/C16H26FNO/c1-12(2)11-18-10-6-8-14(4)19-15-9-5-7-13(3)16(15)17/h5,7,9,12,14,18H,6,8,10-11H2,1-4H3. The topological polar surface area (TPSA) is 21.3 Å². The van der Waals surface area contributed by atoms with Crippen LogP contribution in [0.4, 0.5) is 4.39 Å². The largest absolute Gasteiger partial charge is 0.488 e. The molecule has 0 saturated heterocycles. The average Bonchev–Trinajstić information content (AvgIpc) is 2.34. The monoisotopic (exact) mass is 267 g/mol. The number of halogens is 1. The quantitative estimate of drug-likeness (QED) is 0.721. The first-order valence-corrected chi connectivity index (χ1v) is 7.13. The number of rotatable bonds is 8. The third-order valence-corrected chi connectivity index (χ3v) is 3.00. The second-order valence-corrected chi connectivity index (χ2v) is 5.56. The second-order valence-electron chi connectivity index (χ2n) is 5.56. The van der Waals surface area contributed by atoms with Crippen molar-refractivity contribution in [2.45, 2.75) is 46.6 Å². The van der Waals surface area contributed by atoms with Crippen molar-refractivity contribution >= 4 is 0 Å². The summed E-state index contributed by atoms with van der Waals surface area (Å²) in [5.41, 5.74) is 0.628. The molecule has 19 heavy (non-hydrogen) atoms. The summed E-state index contributed by atoms with van der Waals surface area (Å²) < 4.78 is 19.4. The molecule has 0 aliphatic rings. The highest BCUT2D eigenvalue weighted by atomic mass is 19.1. The van der Waals surface area contributed by atoms with E-state index in [9.17, 15) is 4.39 Å². The second kappa shape index (κ2) is 8.16. The van der Waals surface area contributed by atoms with Gasteiger partial charge in [0.2, 0.25) is 0 Å². The average molecular weight is 267 g/mol. The lowest BCUT2D eigenvalue weighted by atomic mass is 10.2. The summed E-state index contributed by atoms with van der Waals surface area (Å²) in [5.74, 6) is 0.796. The van der Waals surface area contributed by atoms with Gasteiger partial charge in [-0.25, -0.2) is 4.39 Å². The fourth-order valence-electron chi connectivity index (χ4n) is 1.89. The van der Waals surface area contributed by atoms with E-state index in [0.29, 0.717) is 17.2 Å². The highest BCUT2D eigenvalue weighted by Gasteiger charge is 2.09. The lowest BCUT2D eigenvalue weighted by molar-refractivity contribution is 0.198. The molecule has 0 aliphatic carbocycles. The van der Waals surface area contributed by atoms with E-state index < -0.39 is 0 Å². The number of hydrogen-bond acceptors (Lipinski definition) is 2. The summed E-state index contributed by atoms with van der Waals surface area (Å²) in [7, 11) is 0. The van der Waals surface area contributed by atoms with Crippen molar-refractivity contribution in [3.63, 3.8) is 0 Å². The van der Waals surface area contributed by atoms with E-state index >= 15 is 0 Å². The van der Waals surface area contributed by atoms with Gasteiger partial charge in [0, 0.05) is 0 Å². The van der Waals surface area contributed by atoms with E-state index in [4.69, 9.17) is 4.74 Å². The molecular formula is C16H26FNO. The van der Waals surface area contributed by atoms with Crippen LogP contribution >= 0.6 is 0 Å². The van der Waals surface area contributed by atoms with Crippen molar-refractivity contribution in [2.75, 3.05) is 13.1 Å². The summed E-state index contributed by atoms with van der Waals surface area (Å²) in [6.07, 6.45) is 2.01. The van der Waals surface area contributed by atoms with Gasteiger partial charge < -0.3 is 10.1 Å². The molecule has 2 nitrogen and oxygen atoms in total. The fraction of sp³-hybridized carbons (Fsp3) is 0.625. The predicted molar refractivity (Wildman–Crippen MR) is 78.2 cm³/mol. The van der Waals surface area contributed by atoms with E-state index in [1.54, 1.807) is 19.1 Å². The van der Waals surface area contributed by atoms with E-state index in [1.165, 1.54) is 0 Å². The van der Waals surface area contributed by atoms with Crippen LogP contribution in [0.5, 0.6) is 5.75 Å². The van der Waals surface area contributed by atoms with Crippen LogP contribution < -0.4 is 10.1 Å². The Hall–Kier alpha value is -1.09. The van der Waals surface area contributed by atoms with Gasteiger partial charge in [-0.1, -0.05) is 26.0 Å². The molecule has 108 valence electrons. The minimum absolute atomic E-state index is 0.0390. The molecule has 1 aromatic rings. The molecular weight excluding hydrogens is 241 g/mol. The summed E-state index contributed by atoms with van der Waals surface area (Å²) in [4.78, 5) is 0. The summed E-state index contributed by atoms with van der Waals surface area (Å²) in [5, 5.41) is 3.39. The maximum Gasteiger partial charge on any atom is 0.167 e. The van der Waals surface area contributed by atoms with Crippen LogP contribution in [-0.4, -0.2) is 19.2 Å². The Kier molecular flexibility index (Phi) is 6.85. The smallest absolute Gasteiger partial charge is 0.167 e. The van der Waals surface area contributed by atoms with Crippen LogP contribution in [-0.2, 0) is 0 Å². The Bertz CT molecular complexity index is 379. The normalized spacial score (nSPS) is 12.7. The lowest BCUT2D eigenvalue weighted by Gasteiger charge is -2.16. The molecule has 3 heteroatoms. The highest BCUT2D eigenvalue weighted by Crippen LogP contribution is 2.21. The molecule has 0 heterocycles. The number of aryl methyl sites for hydroxylation is 1. The first-order valence-electron chi connectivity index (χ1n) is 7.13. The molecule has 1 unspecified atom stereocenters. The lowest BCUT2D eigenvalue weighted by Crippen LogP contribution is -2.22. The predicted octanol–water partition coefficient (Wildman–Crippen LogP) is 3.93. The van der Waals surface area contributed by atoms with Gasteiger partial charge in [-0.15, -0.1) is 0 Å². The van der Waals surface area contributed by atoms with E-state index in [0.717, 1.165) is 25.9 Å². The Labute approximate surface area is 116 Å². The number of nitrogens with one attached hydrogen (secondary N) is 1. The summed E-state index contributed by atoms with van der Waals surface area (Å²) in [6, 6.07) is 5.27. The molecule has 0 aliphatic heterocycles. The number of ether oxygens (including phenoxy) is 1. The molecule has 0 saturated carbocycles. The van der Waals surface area contributed by atoms with Crippen LogP contribution in [0.25, 0.3) is 0 Å². The van der Waals surface area contributed by atoms with Crippen LogP contribution in [0.2, 0.25) is 0 Å². The van der Waals surface area contributed by atoms with Crippen LogP contribution in [0.15, 0.2) is 18.2 Å². The van der Waals surface area contributed by atoms with Gasteiger partial charge >= 0.3 is 0 Å². The van der Waals surface area contributed by atoms with Crippen molar-refractivity contribution in [1.82, 2.24) is 5.32 Å². The first-order chi connectivity index (χ1) is 9.00. The van der Waals surface area contributed by atoms with Crippen molar-refractivity contribution in [3.05, 3.63) is 29.6 Å². The Morgan fingerprint density at radius 3 is 2.68 bits per heavy atom. The van der Waals surface area contributed by atoms with Crippen molar-refractivity contribution in [1.29, 1.82) is 0 Å². The molecule has 1 atom stereocenters. The third kappa shape index (κ3) is 6.06. The van der Waals surface area contributed by atoms with E-state index in [-0.39, 0.29) is 11.9 Å². The van der Waals surface area contributed by atoms with Crippen LogP contribution in [0.1, 0.15) is 39.2 Å². The van der Waals surface area contributed by atoms with Gasteiger partial charge in [-0.3, -0.25) is 0 Å². The SMILES string of the molecule is Cc1cccc(OC(C)CCCNCC(C)C)c1F. The zero-order valence-corrected chi connectivity index (χ0v) is 12.5. The molecule has 0 radical (unpaired) electrons. The third-order valence-electron chi connectivity index (χ3n) is 3.00. The molecule has 0 bridgehead atoms. The Morgan fingerprint density at radius 1 is 1.26 bits per heavy atom. The number of benzene rings is 1. The van der Waals surface area contributed by atoms with Gasteiger partial charge in [-0.05, 0) is 57.3 Å². The van der Waals surface area contributed by atoms with E-state index in [2.05, 4.69) is 19.2 Å². The highest BCUT2D eigenvalue weighted by molar-refractivity contribution is 5.30. The van der Waals surface area contributed by atoms with Gasteiger partial charge in [0.25, 0.3) is 0 Å². The van der Waals surface area contributed by atoms with Crippen molar-refractivity contribution in [3.8, 4) is 5.75 Å². The molecule has 1 aromatic carbocycles. The maximum absolute atomic E-state index is 13.8. The molecule has 0 spiro atoms. The zero-order chi connectivity index (χ0) is 14.3. The van der Waals surface area contributed by atoms with Crippen molar-refractivity contribution < 1.29 is 9.13 Å². The molecule has 0 aromatic heterocycles. The maximum atomic E-state index is 13.8. The minimum Gasteiger partial charge on any atom is -0.488 e.